The lowest BCUT2D eigenvalue weighted by Crippen LogP contribution is -2.34. The van der Waals surface area contributed by atoms with E-state index < -0.39 is 0 Å². The van der Waals surface area contributed by atoms with Gasteiger partial charge in [-0.05, 0) is 12.5 Å². The Kier molecular flexibility index (Phi) is 10.6. The van der Waals surface area contributed by atoms with Crippen LogP contribution in [-0.2, 0) is 9.59 Å². The van der Waals surface area contributed by atoms with Crippen LogP contribution in [0.15, 0.2) is 35.6 Å². The van der Waals surface area contributed by atoms with E-state index in [0.717, 1.165) is 29.3 Å². The highest BCUT2D eigenvalue weighted by atomic mass is 16.2. The molecule has 2 rings (SSSR count). The maximum Gasteiger partial charge on any atom is 0.259 e. The molecule has 0 spiro atoms. The molecule has 0 radical (unpaired) electrons. The minimum absolute atomic E-state index is 0.0541. The van der Waals surface area contributed by atoms with E-state index in [2.05, 4.69) is 27.8 Å². The highest BCUT2D eigenvalue weighted by molar-refractivity contribution is 5.99. The molecule has 0 saturated heterocycles. The highest BCUT2D eigenvalue weighted by Crippen LogP contribution is 2.15. The Balaban J connectivity index is 1.52. The summed E-state index contributed by atoms with van der Waals surface area (Å²) in [7, 11) is 0. The number of hydrogen-bond acceptors (Lipinski definition) is 3. The molecule has 0 fully saturated rings. The summed E-state index contributed by atoms with van der Waals surface area (Å²) in [4.78, 5) is 26.8. The van der Waals surface area contributed by atoms with E-state index in [1.165, 1.54) is 44.9 Å². The summed E-state index contributed by atoms with van der Waals surface area (Å²) in [6, 6.07) is 7.88. The van der Waals surface area contributed by atoms with Gasteiger partial charge in [0.15, 0.2) is 0 Å². The molecule has 0 saturated carbocycles. The average molecular weight is 399 g/mol. The number of aromatic amines is 1. The van der Waals surface area contributed by atoms with E-state index in [4.69, 9.17) is 0 Å². The van der Waals surface area contributed by atoms with Gasteiger partial charge in [0, 0.05) is 29.1 Å². The molecule has 0 unspecified atom stereocenters. The summed E-state index contributed by atoms with van der Waals surface area (Å²) in [5.41, 5.74) is 4.36. The number of nitrogens with zero attached hydrogens (tertiary/aromatic N) is 1. The van der Waals surface area contributed by atoms with Crippen molar-refractivity contribution in [3.8, 4) is 0 Å². The van der Waals surface area contributed by atoms with Crippen molar-refractivity contribution in [2.45, 2.75) is 71.1 Å². The van der Waals surface area contributed by atoms with Gasteiger partial charge in [-0.3, -0.25) is 9.59 Å². The van der Waals surface area contributed by atoms with Crippen molar-refractivity contribution in [1.82, 2.24) is 15.7 Å². The van der Waals surface area contributed by atoms with E-state index in [1.807, 2.05) is 30.5 Å². The van der Waals surface area contributed by atoms with Crippen LogP contribution >= 0.6 is 0 Å². The first-order valence-corrected chi connectivity index (χ1v) is 10.9. The third-order valence-corrected chi connectivity index (χ3v) is 4.97. The van der Waals surface area contributed by atoms with E-state index in [0.29, 0.717) is 6.42 Å². The number of unbranched alkanes of at least 4 members (excludes halogenated alkanes) is 8. The number of benzene rings is 1. The lowest BCUT2D eigenvalue weighted by molar-refractivity contribution is -0.126. The summed E-state index contributed by atoms with van der Waals surface area (Å²) in [5.74, 6) is -0.412. The maximum atomic E-state index is 11.8. The van der Waals surface area contributed by atoms with Crippen LogP contribution in [-0.4, -0.2) is 29.6 Å². The fraction of sp³-hybridized carbons (Fsp3) is 0.522. The summed E-state index contributed by atoms with van der Waals surface area (Å²) >= 11 is 0. The number of amides is 2. The molecule has 29 heavy (non-hydrogen) atoms. The monoisotopic (exact) mass is 398 g/mol. The molecule has 1 aromatic heterocycles. The van der Waals surface area contributed by atoms with E-state index in [9.17, 15) is 9.59 Å². The van der Waals surface area contributed by atoms with Crippen LogP contribution in [0, 0.1) is 0 Å². The van der Waals surface area contributed by atoms with E-state index in [-0.39, 0.29) is 18.4 Å². The molecular weight excluding hydrogens is 364 g/mol. The van der Waals surface area contributed by atoms with Crippen LogP contribution in [0.3, 0.4) is 0 Å². The third-order valence-electron chi connectivity index (χ3n) is 4.97. The van der Waals surface area contributed by atoms with Crippen LogP contribution in [0.4, 0.5) is 0 Å². The maximum absolute atomic E-state index is 11.8. The van der Waals surface area contributed by atoms with E-state index in [1.54, 1.807) is 6.21 Å². The minimum atomic E-state index is -0.332. The van der Waals surface area contributed by atoms with Gasteiger partial charge in [-0.2, -0.15) is 5.10 Å². The molecule has 2 aromatic rings. The van der Waals surface area contributed by atoms with Gasteiger partial charge < -0.3 is 10.3 Å². The van der Waals surface area contributed by atoms with Crippen LogP contribution in [0.5, 0.6) is 0 Å². The fourth-order valence-electron chi connectivity index (χ4n) is 3.28. The number of carbonyl (C=O) groups is 2. The normalized spacial score (nSPS) is 11.2. The molecule has 3 N–H and O–H groups in total. The van der Waals surface area contributed by atoms with Gasteiger partial charge in [0.1, 0.15) is 0 Å². The summed E-state index contributed by atoms with van der Waals surface area (Å²) in [6.07, 6.45) is 14.9. The van der Waals surface area contributed by atoms with Crippen molar-refractivity contribution in [3.63, 3.8) is 0 Å². The summed E-state index contributed by atoms with van der Waals surface area (Å²) < 4.78 is 0. The Bertz CT molecular complexity index is 782. The van der Waals surface area contributed by atoms with Gasteiger partial charge in [0.05, 0.1) is 12.8 Å². The Hall–Kier alpha value is -2.63. The molecule has 6 nitrogen and oxygen atoms in total. The number of fused-ring (bicyclic) bond motifs is 1. The Morgan fingerprint density at radius 1 is 0.966 bits per heavy atom. The predicted octanol–water partition coefficient (Wildman–Crippen LogP) is 4.66. The van der Waals surface area contributed by atoms with Crippen LogP contribution in [0.1, 0.15) is 76.7 Å². The van der Waals surface area contributed by atoms with Crippen molar-refractivity contribution in [3.05, 3.63) is 36.0 Å². The molecule has 0 aliphatic carbocycles. The van der Waals surface area contributed by atoms with Crippen LogP contribution < -0.4 is 10.7 Å². The largest absolute Gasteiger partial charge is 0.361 e. The second-order valence-corrected chi connectivity index (χ2v) is 7.44. The van der Waals surface area contributed by atoms with Gasteiger partial charge in [0.2, 0.25) is 5.91 Å². The van der Waals surface area contributed by atoms with Gasteiger partial charge in [-0.15, -0.1) is 0 Å². The number of aromatic nitrogens is 1. The molecule has 158 valence electrons. The zero-order valence-electron chi connectivity index (χ0n) is 17.5. The number of hydrazone groups is 1. The van der Waals surface area contributed by atoms with Crippen molar-refractivity contribution in [2.24, 2.45) is 5.10 Å². The third kappa shape index (κ3) is 8.94. The Labute approximate surface area is 173 Å². The molecule has 1 aromatic carbocycles. The van der Waals surface area contributed by atoms with Gasteiger partial charge in [-0.25, -0.2) is 5.43 Å². The number of carbonyl (C=O) groups excluding carboxylic acids is 2. The van der Waals surface area contributed by atoms with Crippen molar-refractivity contribution >= 4 is 28.9 Å². The standard InChI is InChI=1S/C23H34N4O2/c1-2-3-4-5-6-7-8-9-10-15-22(28)25-18-23(29)27-26-17-19-16-24-21-14-12-11-13-20(19)21/h11-14,16-17,24H,2-10,15,18H2,1H3,(H,25,28)(H,27,29)/b26-17-. The fourth-order valence-corrected chi connectivity index (χ4v) is 3.28. The SMILES string of the molecule is CCCCCCCCCCCC(=O)NCC(=O)N/N=C\c1c[nH]c2ccccc12. The zero-order valence-corrected chi connectivity index (χ0v) is 17.5. The Morgan fingerprint density at radius 2 is 1.66 bits per heavy atom. The second kappa shape index (κ2) is 13.5. The number of hydrogen-bond donors (Lipinski definition) is 3. The number of rotatable bonds is 14. The number of H-pyrrole nitrogens is 1. The summed E-state index contributed by atoms with van der Waals surface area (Å²) in [6.45, 7) is 2.18. The van der Waals surface area contributed by atoms with Gasteiger partial charge in [0.25, 0.3) is 5.91 Å². The molecule has 0 bridgehead atoms. The molecular formula is C23H34N4O2. The van der Waals surface area contributed by atoms with Crippen molar-refractivity contribution < 1.29 is 9.59 Å². The molecule has 0 aliphatic rings. The van der Waals surface area contributed by atoms with Crippen molar-refractivity contribution in [1.29, 1.82) is 0 Å². The highest BCUT2D eigenvalue weighted by Gasteiger charge is 2.05. The molecule has 1 heterocycles. The Morgan fingerprint density at radius 3 is 2.41 bits per heavy atom. The topological polar surface area (TPSA) is 86.3 Å². The lowest BCUT2D eigenvalue weighted by atomic mass is 10.1. The number of para-hydroxylation sites is 1. The quantitative estimate of drug-likeness (QED) is 0.246. The average Bonchev–Trinajstić information content (AvgIpc) is 3.14. The minimum Gasteiger partial charge on any atom is -0.361 e. The smallest absolute Gasteiger partial charge is 0.259 e. The first-order chi connectivity index (χ1) is 14.2. The van der Waals surface area contributed by atoms with Crippen molar-refractivity contribution in [2.75, 3.05) is 6.54 Å². The summed E-state index contributed by atoms with van der Waals surface area (Å²) in [5, 5.41) is 7.66. The molecule has 0 atom stereocenters. The second-order valence-electron chi connectivity index (χ2n) is 7.44. The van der Waals surface area contributed by atoms with E-state index >= 15 is 0 Å². The first-order valence-electron chi connectivity index (χ1n) is 10.9. The first kappa shape index (κ1) is 22.7. The molecule has 6 heteroatoms. The number of nitrogens with one attached hydrogen (secondary N) is 3. The lowest BCUT2D eigenvalue weighted by Gasteiger charge is -2.04. The molecule has 2 amide bonds. The zero-order chi connectivity index (χ0) is 20.7. The van der Waals surface area contributed by atoms with Crippen LogP contribution in [0.25, 0.3) is 10.9 Å². The van der Waals surface area contributed by atoms with Gasteiger partial charge in [-0.1, -0.05) is 76.5 Å². The molecule has 0 aliphatic heterocycles. The van der Waals surface area contributed by atoms with Gasteiger partial charge >= 0.3 is 0 Å². The predicted molar refractivity (Wildman–Crippen MR) is 119 cm³/mol. The van der Waals surface area contributed by atoms with Crippen LogP contribution in [0.2, 0.25) is 0 Å².